The van der Waals surface area contributed by atoms with Gasteiger partial charge in [-0.3, -0.25) is 14.5 Å². The second kappa shape index (κ2) is 6.80. The summed E-state index contributed by atoms with van der Waals surface area (Å²) in [7, 11) is 3.68. The minimum Gasteiger partial charge on any atom is -0.339 e. The molecule has 1 aromatic carbocycles. The quantitative estimate of drug-likeness (QED) is 0.536. The maximum atomic E-state index is 12.4. The first kappa shape index (κ1) is 17.5. The van der Waals surface area contributed by atoms with Gasteiger partial charge in [-0.15, -0.1) is 0 Å². The Morgan fingerprint density at radius 1 is 1.17 bits per heavy atom. The summed E-state index contributed by atoms with van der Waals surface area (Å²) in [6.45, 7) is 0. The molecule has 146 valence electrons. The van der Waals surface area contributed by atoms with Gasteiger partial charge < -0.3 is 9.42 Å². The van der Waals surface area contributed by atoms with E-state index in [2.05, 4.69) is 15.2 Å². The summed E-state index contributed by atoms with van der Waals surface area (Å²) >= 11 is 0. The Hall–Kier alpha value is -3.55. The first-order chi connectivity index (χ1) is 14.1. The van der Waals surface area contributed by atoms with Gasteiger partial charge in [0.1, 0.15) is 5.69 Å². The Morgan fingerprint density at radius 2 is 2.03 bits per heavy atom. The molecule has 5 rings (SSSR count). The third-order valence-electron chi connectivity index (χ3n) is 5.57. The summed E-state index contributed by atoms with van der Waals surface area (Å²) in [6.07, 6.45) is 6.56. The number of aryl methyl sites for hydroxylation is 1. The average Bonchev–Trinajstić information content (AvgIpc) is 3.39. The summed E-state index contributed by atoms with van der Waals surface area (Å²) in [5.74, 6) is 0.980. The number of likely N-dealkylation sites (tertiary alicyclic amines) is 1. The van der Waals surface area contributed by atoms with Crippen LogP contribution in [-0.2, 0) is 11.8 Å². The molecule has 1 aliphatic heterocycles. The lowest BCUT2D eigenvalue weighted by Gasteiger charge is -2.36. The summed E-state index contributed by atoms with van der Waals surface area (Å²) in [4.78, 5) is 23.3. The van der Waals surface area contributed by atoms with Crippen molar-refractivity contribution < 1.29 is 9.32 Å². The monoisotopic (exact) mass is 388 g/mol. The molecule has 8 nitrogen and oxygen atoms in total. The van der Waals surface area contributed by atoms with E-state index in [1.807, 2.05) is 50.6 Å². The fourth-order valence-corrected chi connectivity index (χ4v) is 4.13. The van der Waals surface area contributed by atoms with Crippen molar-refractivity contribution in [2.75, 3.05) is 7.05 Å². The molecule has 4 heterocycles. The molecule has 29 heavy (non-hydrogen) atoms. The zero-order valence-electron chi connectivity index (χ0n) is 16.2. The lowest BCUT2D eigenvalue weighted by Crippen LogP contribution is -2.39. The maximum absolute atomic E-state index is 12.4. The van der Waals surface area contributed by atoms with Crippen LogP contribution in [0.15, 0.2) is 53.4 Å². The summed E-state index contributed by atoms with van der Waals surface area (Å²) in [5.41, 5.74) is 1.65. The third-order valence-corrected chi connectivity index (χ3v) is 5.57. The fourth-order valence-electron chi connectivity index (χ4n) is 4.13. The van der Waals surface area contributed by atoms with E-state index in [0.717, 1.165) is 16.3 Å². The number of carbonyl (C=O) groups is 1. The third kappa shape index (κ3) is 2.97. The van der Waals surface area contributed by atoms with E-state index < -0.39 is 0 Å². The molecule has 1 saturated heterocycles. The van der Waals surface area contributed by atoms with Crippen molar-refractivity contribution >= 4 is 16.7 Å². The van der Waals surface area contributed by atoms with Crippen LogP contribution in [0.1, 0.15) is 36.3 Å². The van der Waals surface area contributed by atoms with Gasteiger partial charge in [0, 0.05) is 43.9 Å². The molecule has 1 fully saturated rings. The summed E-state index contributed by atoms with van der Waals surface area (Å²) < 4.78 is 7.42. The first-order valence-corrected chi connectivity index (χ1v) is 9.54. The van der Waals surface area contributed by atoms with E-state index in [4.69, 9.17) is 9.51 Å². The Labute approximate surface area is 167 Å². The number of fused-ring (bicyclic) bond motifs is 1. The van der Waals surface area contributed by atoms with Gasteiger partial charge in [-0.25, -0.2) is 0 Å². The normalized spacial score (nSPS) is 19.8. The predicted molar refractivity (Wildman–Crippen MR) is 106 cm³/mol. The highest BCUT2D eigenvalue weighted by Crippen LogP contribution is 2.42. The smallest absolute Gasteiger partial charge is 0.232 e. The number of amides is 1. The van der Waals surface area contributed by atoms with Gasteiger partial charge in [0.2, 0.25) is 17.6 Å². The second-order valence-electron chi connectivity index (χ2n) is 7.38. The van der Waals surface area contributed by atoms with E-state index >= 15 is 0 Å². The van der Waals surface area contributed by atoms with Crippen LogP contribution >= 0.6 is 0 Å². The number of likely N-dealkylation sites (N-methyl/N-ethyl adjacent to an activating group) is 1. The van der Waals surface area contributed by atoms with Gasteiger partial charge in [0.25, 0.3) is 0 Å². The standard InChI is InChI=1S/C21H20N6O2/c1-26-12-14(11-23-26)19-16(7-8-17(28)27(19)2)21-24-20(25-29-21)18-15-6-4-3-5-13(15)9-10-22-18/h3-6,9-12,16,19H,7-8H2,1-2H3/t16-,19-/m0/s1. The van der Waals surface area contributed by atoms with Crippen molar-refractivity contribution in [3.8, 4) is 11.5 Å². The van der Waals surface area contributed by atoms with Gasteiger partial charge in [0.05, 0.1) is 18.2 Å². The molecule has 0 N–H and O–H groups in total. The van der Waals surface area contributed by atoms with Crippen molar-refractivity contribution in [2.45, 2.75) is 24.8 Å². The van der Waals surface area contributed by atoms with Crippen molar-refractivity contribution in [1.29, 1.82) is 0 Å². The van der Waals surface area contributed by atoms with Crippen LogP contribution in [-0.4, -0.2) is 42.8 Å². The van der Waals surface area contributed by atoms with Crippen molar-refractivity contribution in [3.63, 3.8) is 0 Å². The molecule has 2 atom stereocenters. The fraction of sp³-hybridized carbons (Fsp3) is 0.286. The largest absolute Gasteiger partial charge is 0.339 e. The molecular weight excluding hydrogens is 368 g/mol. The van der Waals surface area contributed by atoms with Crippen LogP contribution in [0.4, 0.5) is 0 Å². The predicted octanol–water partition coefficient (Wildman–Crippen LogP) is 3.10. The maximum Gasteiger partial charge on any atom is 0.232 e. The van der Waals surface area contributed by atoms with Crippen LogP contribution in [0.2, 0.25) is 0 Å². The van der Waals surface area contributed by atoms with E-state index in [1.54, 1.807) is 22.0 Å². The number of hydrogen-bond acceptors (Lipinski definition) is 6. The van der Waals surface area contributed by atoms with Gasteiger partial charge >= 0.3 is 0 Å². The Bertz CT molecular complexity index is 1190. The number of nitrogens with zero attached hydrogens (tertiary/aromatic N) is 6. The number of benzene rings is 1. The summed E-state index contributed by atoms with van der Waals surface area (Å²) in [6, 6.07) is 9.75. The second-order valence-corrected chi connectivity index (χ2v) is 7.38. The molecule has 0 aliphatic carbocycles. The molecular formula is C21H20N6O2. The van der Waals surface area contributed by atoms with Crippen molar-refractivity contribution in [3.05, 3.63) is 60.4 Å². The molecule has 0 saturated carbocycles. The highest BCUT2D eigenvalue weighted by molar-refractivity contribution is 5.92. The number of carbonyl (C=O) groups excluding carboxylic acids is 1. The van der Waals surface area contributed by atoms with E-state index in [1.165, 1.54) is 0 Å². The lowest BCUT2D eigenvalue weighted by molar-refractivity contribution is -0.135. The van der Waals surface area contributed by atoms with Gasteiger partial charge in [-0.05, 0) is 17.9 Å². The van der Waals surface area contributed by atoms with Crippen LogP contribution in [0.5, 0.6) is 0 Å². The highest BCUT2D eigenvalue weighted by Gasteiger charge is 2.39. The van der Waals surface area contributed by atoms with Crippen LogP contribution in [0.3, 0.4) is 0 Å². The van der Waals surface area contributed by atoms with Gasteiger partial charge in [-0.2, -0.15) is 10.1 Å². The van der Waals surface area contributed by atoms with E-state index in [0.29, 0.717) is 30.3 Å². The highest BCUT2D eigenvalue weighted by atomic mass is 16.5. The molecule has 0 bridgehead atoms. The molecule has 4 aromatic rings. The minimum absolute atomic E-state index is 0.0990. The van der Waals surface area contributed by atoms with E-state index in [-0.39, 0.29) is 17.9 Å². The number of rotatable bonds is 3. The number of aromatic nitrogens is 5. The Kier molecular flexibility index (Phi) is 4.12. The zero-order chi connectivity index (χ0) is 20.0. The molecule has 1 amide bonds. The van der Waals surface area contributed by atoms with Crippen molar-refractivity contribution in [1.82, 2.24) is 29.8 Å². The molecule has 1 aliphatic rings. The summed E-state index contributed by atoms with van der Waals surface area (Å²) in [5, 5.41) is 10.5. The molecule has 0 radical (unpaired) electrons. The first-order valence-electron chi connectivity index (χ1n) is 9.54. The molecule has 8 heteroatoms. The number of pyridine rings is 1. The van der Waals surface area contributed by atoms with Crippen molar-refractivity contribution in [2.24, 2.45) is 7.05 Å². The average molecular weight is 388 g/mol. The van der Waals surface area contributed by atoms with Crippen LogP contribution in [0.25, 0.3) is 22.3 Å². The number of hydrogen-bond donors (Lipinski definition) is 0. The van der Waals surface area contributed by atoms with Crippen LogP contribution < -0.4 is 0 Å². The van der Waals surface area contributed by atoms with Gasteiger partial charge in [0.15, 0.2) is 0 Å². The van der Waals surface area contributed by atoms with Gasteiger partial charge in [-0.1, -0.05) is 29.4 Å². The molecule has 3 aromatic heterocycles. The minimum atomic E-state index is -0.196. The Morgan fingerprint density at radius 3 is 2.86 bits per heavy atom. The number of piperidine rings is 1. The zero-order valence-corrected chi connectivity index (χ0v) is 16.2. The molecule has 0 unspecified atom stereocenters. The topological polar surface area (TPSA) is 89.9 Å². The lowest BCUT2D eigenvalue weighted by atomic mass is 9.85. The van der Waals surface area contributed by atoms with Crippen LogP contribution in [0, 0.1) is 0 Å². The molecule has 0 spiro atoms. The van der Waals surface area contributed by atoms with E-state index in [9.17, 15) is 4.79 Å². The Balaban J connectivity index is 1.55. The SMILES string of the molecule is CN1C(=O)CC[C@H](c2nc(-c3nccc4ccccc34)no2)[C@@H]1c1cnn(C)c1.